The minimum atomic E-state index is -1.15. The predicted molar refractivity (Wildman–Crippen MR) is 73.2 cm³/mol. The molecule has 106 valence electrons. The van der Waals surface area contributed by atoms with Gasteiger partial charge in [0.25, 0.3) is 5.56 Å². The molecule has 2 N–H and O–H groups in total. The van der Waals surface area contributed by atoms with E-state index in [0.717, 1.165) is 12.8 Å². The molecule has 0 atom stereocenters. The Morgan fingerprint density at radius 3 is 2.75 bits per heavy atom. The first kappa shape index (κ1) is 14.0. The van der Waals surface area contributed by atoms with E-state index in [4.69, 9.17) is 5.11 Å². The molecule has 2 rings (SSSR count). The van der Waals surface area contributed by atoms with Crippen LogP contribution in [0.4, 0.5) is 0 Å². The van der Waals surface area contributed by atoms with Gasteiger partial charge in [0.1, 0.15) is 5.65 Å². The van der Waals surface area contributed by atoms with Crippen LogP contribution in [0, 0.1) is 6.92 Å². The fraction of sp³-hybridized carbons (Fsp3) is 0.385. The van der Waals surface area contributed by atoms with Crippen LogP contribution in [0.15, 0.2) is 15.8 Å². The number of carboxylic acids is 1. The number of hydrogen-bond acceptors (Lipinski definition) is 4. The van der Waals surface area contributed by atoms with E-state index in [1.165, 1.54) is 17.7 Å². The summed E-state index contributed by atoms with van der Waals surface area (Å²) in [6.07, 6.45) is 2.84. The van der Waals surface area contributed by atoms with Crippen LogP contribution in [0.3, 0.4) is 0 Å². The van der Waals surface area contributed by atoms with Crippen LogP contribution in [0.1, 0.15) is 35.7 Å². The van der Waals surface area contributed by atoms with Crippen molar-refractivity contribution in [3.8, 4) is 0 Å². The number of unbranched alkanes of at least 4 members (excludes halogenated alkanes) is 1. The van der Waals surface area contributed by atoms with Gasteiger partial charge in [-0.1, -0.05) is 13.3 Å². The standard InChI is InChI=1S/C13H15N3O4/c1-3-4-5-16-10-9(11(17)15-13(16)20)7(2)8(6-14-10)12(18)19/h6H,3-5H2,1-2H3,(H,18,19)(H,15,17,20). The number of aromatic amines is 1. The van der Waals surface area contributed by atoms with Crippen LogP contribution >= 0.6 is 0 Å². The monoisotopic (exact) mass is 277 g/mol. The molecule has 2 aromatic heterocycles. The molecule has 2 heterocycles. The molecule has 7 nitrogen and oxygen atoms in total. The van der Waals surface area contributed by atoms with E-state index in [1.54, 1.807) is 0 Å². The fourth-order valence-electron chi connectivity index (χ4n) is 2.13. The maximum absolute atomic E-state index is 11.9. The summed E-state index contributed by atoms with van der Waals surface area (Å²) in [4.78, 5) is 41.1. The third kappa shape index (κ3) is 2.22. The van der Waals surface area contributed by atoms with Gasteiger partial charge < -0.3 is 5.11 Å². The normalized spacial score (nSPS) is 10.9. The van der Waals surface area contributed by atoms with Gasteiger partial charge in [0, 0.05) is 12.7 Å². The highest BCUT2D eigenvalue weighted by molar-refractivity contribution is 5.94. The molecule has 0 aromatic carbocycles. The molecule has 0 aliphatic heterocycles. The van der Waals surface area contributed by atoms with Crippen molar-refractivity contribution in [2.45, 2.75) is 33.2 Å². The molecule has 0 aliphatic rings. The number of aryl methyl sites for hydroxylation is 2. The fourth-order valence-corrected chi connectivity index (χ4v) is 2.13. The zero-order chi connectivity index (χ0) is 14.9. The number of rotatable bonds is 4. The zero-order valence-electron chi connectivity index (χ0n) is 11.3. The summed E-state index contributed by atoms with van der Waals surface area (Å²) in [7, 11) is 0. The summed E-state index contributed by atoms with van der Waals surface area (Å²) in [5.74, 6) is -1.15. The lowest BCUT2D eigenvalue weighted by atomic mass is 10.1. The highest BCUT2D eigenvalue weighted by Crippen LogP contribution is 2.15. The summed E-state index contributed by atoms with van der Waals surface area (Å²) in [6.45, 7) is 3.96. The van der Waals surface area contributed by atoms with E-state index in [-0.39, 0.29) is 16.6 Å². The summed E-state index contributed by atoms with van der Waals surface area (Å²) in [6, 6.07) is 0. The number of H-pyrrole nitrogens is 1. The molecule has 0 aliphatic carbocycles. The van der Waals surface area contributed by atoms with Gasteiger partial charge in [-0.2, -0.15) is 0 Å². The zero-order valence-corrected chi connectivity index (χ0v) is 11.3. The van der Waals surface area contributed by atoms with Crippen molar-refractivity contribution < 1.29 is 9.90 Å². The third-order valence-corrected chi connectivity index (χ3v) is 3.23. The Hall–Kier alpha value is -2.44. The van der Waals surface area contributed by atoms with E-state index in [9.17, 15) is 14.4 Å². The first-order valence-electron chi connectivity index (χ1n) is 6.33. The summed E-state index contributed by atoms with van der Waals surface area (Å²) < 4.78 is 1.37. The maximum Gasteiger partial charge on any atom is 0.337 e. The topological polar surface area (TPSA) is 105 Å². The second-order valence-electron chi connectivity index (χ2n) is 4.57. The highest BCUT2D eigenvalue weighted by atomic mass is 16.4. The molecule has 0 fully saturated rings. The summed E-state index contributed by atoms with van der Waals surface area (Å²) in [5.41, 5.74) is -0.621. The molecule has 2 aromatic rings. The lowest BCUT2D eigenvalue weighted by molar-refractivity contribution is 0.0696. The molecule has 7 heteroatoms. The van der Waals surface area contributed by atoms with E-state index < -0.39 is 17.2 Å². The SMILES string of the molecule is CCCCn1c(=O)[nH]c(=O)c2c(C)c(C(=O)O)cnc21. The molecule has 0 saturated carbocycles. The van der Waals surface area contributed by atoms with Crippen molar-refractivity contribution in [2.24, 2.45) is 0 Å². The average molecular weight is 277 g/mol. The first-order chi connectivity index (χ1) is 9.47. The number of aromatic nitrogens is 3. The lowest BCUT2D eigenvalue weighted by Crippen LogP contribution is -2.31. The lowest BCUT2D eigenvalue weighted by Gasteiger charge is -2.10. The van der Waals surface area contributed by atoms with Crippen LogP contribution < -0.4 is 11.2 Å². The molecular formula is C13H15N3O4. The second-order valence-corrected chi connectivity index (χ2v) is 4.57. The van der Waals surface area contributed by atoms with Gasteiger partial charge in [0.05, 0.1) is 10.9 Å². The van der Waals surface area contributed by atoms with Gasteiger partial charge in [0.2, 0.25) is 0 Å². The number of fused-ring (bicyclic) bond motifs is 1. The Bertz CT molecular complexity index is 789. The van der Waals surface area contributed by atoms with Crippen LogP contribution in [0.2, 0.25) is 0 Å². The Balaban J connectivity index is 2.84. The van der Waals surface area contributed by atoms with Crippen LogP contribution in [-0.2, 0) is 6.54 Å². The van der Waals surface area contributed by atoms with Crippen molar-refractivity contribution in [3.05, 3.63) is 38.2 Å². The number of pyridine rings is 1. The molecule has 20 heavy (non-hydrogen) atoms. The number of hydrogen-bond donors (Lipinski definition) is 2. The second kappa shape index (κ2) is 5.28. The van der Waals surface area contributed by atoms with Gasteiger partial charge in [-0.15, -0.1) is 0 Å². The largest absolute Gasteiger partial charge is 0.478 e. The van der Waals surface area contributed by atoms with E-state index in [0.29, 0.717) is 12.1 Å². The summed E-state index contributed by atoms with van der Waals surface area (Å²) >= 11 is 0. The minimum Gasteiger partial charge on any atom is -0.478 e. The van der Waals surface area contributed by atoms with Gasteiger partial charge >= 0.3 is 11.7 Å². The molecule has 0 bridgehead atoms. The summed E-state index contributed by atoms with van der Waals surface area (Å²) in [5, 5.41) is 9.21. The molecule has 0 amide bonds. The number of carbonyl (C=O) groups is 1. The van der Waals surface area contributed by atoms with Gasteiger partial charge in [-0.05, 0) is 18.9 Å². The molecule has 0 spiro atoms. The molecule has 0 radical (unpaired) electrons. The highest BCUT2D eigenvalue weighted by Gasteiger charge is 2.16. The van der Waals surface area contributed by atoms with E-state index in [1.807, 2.05) is 6.92 Å². The van der Waals surface area contributed by atoms with Gasteiger partial charge in [-0.25, -0.2) is 14.6 Å². The quantitative estimate of drug-likeness (QED) is 0.863. The minimum absolute atomic E-state index is 0.0382. The van der Waals surface area contributed by atoms with Crippen molar-refractivity contribution in [1.29, 1.82) is 0 Å². The van der Waals surface area contributed by atoms with Crippen molar-refractivity contribution in [2.75, 3.05) is 0 Å². The number of carboxylic acid groups (broad SMARTS) is 1. The van der Waals surface area contributed by atoms with Crippen molar-refractivity contribution in [1.82, 2.24) is 14.5 Å². The maximum atomic E-state index is 11.9. The van der Waals surface area contributed by atoms with Crippen molar-refractivity contribution >= 4 is 17.0 Å². The first-order valence-corrected chi connectivity index (χ1v) is 6.33. The Morgan fingerprint density at radius 1 is 1.45 bits per heavy atom. The van der Waals surface area contributed by atoms with Crippen LogP contribution in [0.5, 0.6) is 0 Å². The van der Waals surface area contributed by atoms with Crippen molar-refractivity contribution in [3.63, 3.8) is 0 Å². The Labute approximate surface area is 113 Å². The third-order valence-electron chi connectivity index (χ3n) is 3.23. The predicted octanol–water partition coefficient (Wildman–Crippen LogP) is 0.892. The molecule has 0 unspecified atom stereocenters. The molecule has 0 saturated heterocycles. The van der Waals surface area contributed by atoms with Gasteiger partial charge in [-0.3, -0.25) is 14.3 Å². The van der Waals surface area contributed by atoms with Crippen LogP contribution in [-0.4, -0.2) is 25.6 Å². The number of aromatic carboxylic acids is 1. The average Bonchev–Trinajstić information content (AvgIpc) is 2.37. The molecular weight excluding hydrogens is 262 g/mol. The Kier molecular flexibility index (Phi) is 3.69. The number of nitrogens with one attached hydrogen (secondary N) is 1. The van der Waals surface area contributed by atoms with E-state index >= 15 is 0 Å². The number of nitrogens with zero attached hydrogens (tertiary/aromatic N) is 2. The van der Waals surface area contributed by atoms with E-state index in [2.05, 4.69) is 9.97 Å². The van der Waals surface area contributed by atoms with Gasteiger partial charge in [0.15, 0.2) is 0 Å². The Morgan fingerprint density at radius 2 is 2.15 bits per heavy atom. The van der Waals surface area contributed by atoms with Crippen LogP contribution in [0.25, 0.3) is 11.0 Å². The smallest absolute Gasteiger partial charge is 0.337 e.